The normalized spacial score (nSPS) is 12.1. The Bertz CT molecular complexity index is 1040. The predicted octanol–water partition coefficient (Wildman–Crippen LogP) is 3.87. The van der Waals surface area contributed by atoms with Crippen LogP contribution in [-0.4, -0.2) is 50.5 Å². The van der Waals surface area contributed by atoms with E-state index in [1.807, 2.05) is 37.3 Å². The van der Waals surface area contributed by atoms with Crippen LogP contribution < -0.4 is 9.62 Å². The van der Waals surface area contributed by atoms with Crippen molar-refractivity contribution in [2.45, 2.75) is 59.0 Å². The molecule has 0 aliphatic rings. The highest BCUT2D eigenvalue weighted by Crippen LogP contribution is 2.19. The molecule has 2 amide bonds. The maximum Gasteiger partial charge on any atom is 0.242 e. The maximum absolute atomic E-state index is 13.3. The molecule has 0 bridgehead atoms. The molecule has 8 heteroatoms. The predicted molar refractivity (Wildman–Crippen MR) is 137 cm³/mol. The van der Waals surface area contributed by atoms with Crippen molar-refractivity contribution in [1.29, 1.82) is 0 Å². The molecule has 2 aromatic carbocycles. The topological polar surface area (TPSA) is 86.8 Å². The van der Waals surface area contributed by atoms with Gasteiger partial charge in [0.25, 0.3) is 0 Å². The molecule has 0 heterocycles. The number of carbonyl (C=O) groups is 2. The fourth-order valence-electron chi connectivity index (χ4n) is 3.69. The quantitative estimate of drug-likeness (QED) is 0.435. The molecule has 0 fully saturated rings. The number of carbonyl (C=O) groups excluding carboxylic acids is 2. The molecule has 1 atom stereocenters. The molecule has 0 spiro atoms. The Hall–Kier alpha value is -2.87. The molecule has 0 aromatic heterocycles. The first kappa shape index (κ1) is 27.4. The van der Waals surface area contributed by atoms with Gasteiger partial charge in [0, 0.05) is 26.1 Å². The highest BCUT2D eigenvalue weighted by Gasteiger charge is 2.26. The number of sulfonamides is 1. The Morgan fingerprint density at radius 3 is 2.26 bits per heavy atom. The van der Waals surface area contributed by atoms with Gasteiger partial charge in [-0.2, -0.15) is 0 Å². The van der Waals surface area contributed by atoms with Gasteiger partial charge < -0.3 is 10.2 Å². The highest BCUT2D eigenvalue weighted by molar-refractivity contribution is 7.92. The summed E-state index contributed by atoms with van der Waals surface area (Å²) >= 11 is 0. The third-order valence-electron chi connectivity index (χ3n) is 5.80. The zero-order chi connectivity index (χ0) is 25.1. The van der Waals surface area contributed by atoms with Crippen molar-refractivity contribution in [2.24, 2.45) is 0 Å². The van der Waals surface area contributed by atoms with Crippen LogP contribution in [-0.2, 0) is 26.2 Å². The molecule has 1 N–H and O–H groups in total. The minimum Gasteiger partial charge on any atom is -0.354 e. The van der Waals surface area contributed by atoms with Crippen LogP contribution >= 0.6 is 0 Å². The molecule has 0 aliphatic heterocycles. The van der Waals surface area contributed by atoms with Crippen LogP contribution in [0.4, 0.5) is 5.69 Å². The van der Waals surface area contributed by atoms with Crippen molar-refractivity contribution in [3.05, 3.63) is 65.7 Å². The number of amides is 2. The van der Waals surface area contributed by atoms with Gasteiger partial charge in [-0.25, -0.2) is 8.42 Å². The van der Waals surface area contributed by atoms with Crippen LogP contribution in [0.15, 0.2) is 54.6 Å². The fraction of sp³-hybridized carbons (Fsp3) is 0.462. The van der Waals surface area contributed by atoms with Crippen LogP contribution in [0.3, 0.4) is 0 Å². The van der Waals surface area contributed by atoms with E-state index in [2.05, 4.69) is 12.2 Å². The summed E-state index contributed by atoms with van der Waals surface area (Å²) in [6.07, 6.45) is 3.49. The Morgan fingerprint density at radius 2 is 1.65 bits per heavy atom. The van der Waals surface area contributed by atoms with E-state index >= 15 is 0 Å². The van der Waals surface area contributed by atoms with Crippen molar-refractivity contribution >= 4 is 27.5 Å². The van der Waals surface area contributed by atoms with E-state index in [-0.39, 0.29) is 24.8 Å². The van der Waals surface area contributed by atoms with Crippen molar-refractivity contribution in [3.8, 4) is 0 Å². The van der Waals surface area contributed by atoms with Crippen LogP contribution in [0.5, 0.6) is 0 Å². The van der Waals surface area contributed by atoms with Gasteiger partial charge in [-0.1, -0.05) is 55.8 Å². The molecule has 0 aliphatic carbocycles. The van der Waals surface area contributed by atoms with Gasteiger partial charge in [-0.3, -0.25) is 13.9 Å². The lowest BCUT2D eigenvalue weighted by atomic mass is 10.1. The van der Waals surface area contributed by atoms with Crippen molar-refractivity contribution < 1.29 is 18.0 Å². The number of hydrogen-bond acceptors (Lipinski definition) is 4. The summed E-state index contributed by atoms with van der Waals surface area (Å²) in [7, 11) is -3.49. The average Bonchev–Trinajstić information content (AvgIpc) is 2.80. The Kier molecular flexibility index (Phi) is 10.6. The number of anilines is 1. The van der Waals surface area contributed by atoms with Gasteiger partial charge >= 0.3 is 0 Å². The lowest BCUT2D eigenvalue weighted by molar-refractivity contribution is -0.140. The van der Waals surface area contributed by atoms with Crippen molar-refractivity contribution in [1.82, 2.24) is 10.2 Å². The van der Waals surface area contributed by atoms with E-state index in [0.717, 1.165) is 30.2 Å². The first-order valence-electron chi connectivity index (χ1n) is 11.8. The first-order chi connectivity index (χ1) is 16.1. The summed E-state index contributed by atoms with van der Waals surface area (Å²) in [5.74, 6) is -0.361. The van der Waals surface area contributed by atoms with Crippen molar-refractivity contribution in [3.63, 3.8) is 0 Å². The zero-order valence-corrected chi connectivity index (χ0v) is 21.5. The summed E-state index contributed by atoms with van der Waals surface area (Å²) in [5, 5.41) is 2.91. The van der Waals surface area contributed by atoms with E-state index < -0.39 is 16.1 Å². The Labute approximate surface area is 204 Å². The van der Waals surface area contributed by atoms with E-state index in [1.165, 1.54) is 4.31 Å². The van der Waals surface area contributed by atoms with E-state index in [9.17, 15) is 18.0 Å². The highest BCUT2D eigenvalue weighted by atomic mass is 32.2. The summed E-state index contributed by atoms with van der Waals surface area (Å²) in [6, 6.07) is 16.0. The molecule has 7 nitrogen and oxygen atoms in total. The maximum atomic E-state index is 13.3. The molecular formula is C26H37N3O4S. The van der Waals surface area contributed by atoms with Crippen molar-refractivity contribution in [2.75, 3.05) is 23.7 Å². The Balaban J connectivity index is 2.13. The van der Waals surface area contributed by atoms with Crippen LogP contribution in [0.25, 0.3) is 0 Å². The SMILES string of the molecule is CCCCNC(=O)C(C)N(Cc1ccccc1C)C(=O)CCCN(c1ccccc1)S(C)(=O)=O. The minimum atomic E-state index is -3.49. The second-order valence-corrected chi connectivity index (χ2v) is 10.4. The third-order valence-corrected chi connectivity index (χ3v) is 6.99. The number of aryl methyl sites for hydroxylation is 1. The van der Waals surface area contributed by atoms with Gasteiger partial charge in [-0.05, 0) is 49.9 Å². The number of nitrogens with zero attached hydrogens (tertiary/aromatic N) is 2. The second kappa shape index (κ2) is 13.1. The standard InChI is InChI=1S/C26H37N3O4S/c1-5-6-18-27-26(31)22(3)28(20-23-14-11-10-13-21(23)2)25(30)17-12-19-29(34(4,32)33)24-15-8-7-9-16-24/h7-11,13-16,22H,5-6,12,17-20H2,1-4H3,(H,27,31). The number of unbranched alkanes of at least 4 members (excludes halogenated alkanes) is 1. The largest absolute Gasteiger partial charge is 0.354 e. The van der Waals surface area contributed by atoms with Gasteiger partial charge in [0.2, 0.25) is 21.8 Å². The number of hydrogen-bond donors (Lipinski definition) is 1. The smallest absolute Gasteiger partial charge is 0.242 e. The first-order valence-corrected chi connectivity index (χ1v) is 13.6. The van der Waals surface area contributed by atoms with E-state index in [0.29, 0.717) is 25.2 Å². The molecule has 2 rings (SSSR count). The monoisotopic (exact) mass is 487 g/mol. The number of rotatable bonds is 13. The summed E-state index contributed by atoms with van der Waals surface area (Å²) in [6.45, 7) is 6.86. The van der Waals surface area contributed by atoms with Gasteiger partial charge in [-0.15, -0.1) is 0 Å². The molecule has 34 heavy (non-hydrogen) atoms. The molecule has 1 unspecified atom stereocenters. The summed E-state index contributed by atoms with van der Waals surface area (Å²) < 4.78 is 26.0. The number of para-hydroxylation sites is 1. The Morgan fingerprint density at radius 1 is 1.00 bits per heavy atom. The molecular weight excluding hydrogens is 450 g/mol. The lowest BCUT2D eigenvalue weighted by Crippen LogP contribution is -2.48. The number of nitrogens with one attached hydrogen (secondary N) is 1. The lowest BCUT2D eigenvalue weighted by Gasteiger charge is -2.30. The zero-order valence-electron chi connectivity index (χ0n) is 20.7. The van der Waals surface area contributed by atoms with Crippen LogP contribution in [0.2, 0.25) is 0 Å². The fourth-order valence-corrected chi connectivity index (χ4v) is 4.65. The third kappa shape index (κ3) is 8.17. The van der Waals surface area contributed by atoms with Gasteiger partial charge in [0.05, 0.1) is 11.9 Å². The molecule has 0 saturated heterocycles. The molecule has 0 saturated carbocycles. The number of benzene rings is 2. The van der Waals surface area contributed by atoms with Crippen LogP contribution in [0, 0.1) is 6.92 Å². The molecule has 2 aromatic rings. The summed E-state index contributed by atoms with van der Waals surface area (Å²) in [5.41, 5.74) is 2.59. The summed E-state index contributed by atoms with van der Waals surface area (Å²) in [4.78, 5) is 27.6. The van der Waals surface area contributed by atoms with Gasteiger partial charge in [0.15, 0.2) is 0 Å². The van der Waals surface area contributed by atoms with Gasteiger partial charge in [0.1, 0.15) is 6.04 Å². The second-order valence-electron chi connectivity index (χ2n) is 8.54. The van der Waals surface area contributed by atoms with Crippen LogP contribution in [0.1, 0.15) is 50.7 Å². The van der Waals surface area contributed by atoms with E-state index in [4.69, 9.17) is 0 Å². The van der Waals surface area contributed by atoms with E-state index in [1.54, 1.807) is 36.1 Å². The minimum absolute atomic E-state index is 0.136. The average molecular weight is 488 g/mol. The molecule has 186 valence electrons. The molecule has 0 radical (unpaired) electrons.